The molecule has 1 fully saturated rings. The van der Waals surface area contributed by atoms with Gasteiger partial charge in [0.1, 0.15) is 0 Å². The van der Waals surface area contributed by atoms with E-state index in [0.717, 1.165) is 6.54 Å². The molecule has 0 aliphatic carbocycles. The summed E-state index contributed by atoms with van der Waals surface area (Å²) in [7, 11) is 0. The fourth-order valence-corrected chi connectivity index (χ4v) is 3.75. The van der Waals surface area contributed by atoms with Crippen LogP contribution in [0.2, 0.25) is 0 Å². The SMILES string of the molecule is CC(CN1CCCCC1)NCc1ccc(Br)s1. The Kier molecular flexibility index (Phi) is 5.48. The summed E-state index contributed by atoms with van der Waals surface area (Å²) in [6, 6.07) is 4.89. The molecule has 96 valence electrons. The van der Waals surface area contributed by atoms with Gasteiger partial charge in [0.2, 0.25) is 0 Å². The summed E-state index contributed by atoms with van der Waals surface area (Å²) in [6.45, 7) is 7.04. The monoisotopic (exact) mass is 316 g/mol. The molecule has 1 aliphatic rings. The smallest absolute Gasteiger partial charge is 0.0701 e. The second kappa shape index (κ2) is 6.88. The highest BCUT2D eigenvalue weighted by atomic mass is 79.9. The van der Waals surface area contributed by atoms with E-state index < -0.39 is 0 Å². The lowest BCUT2D eigenvalue weighted by Crippen LogP contribution is -2.41. The third kappa shape index (κ3) is 4.70. The van der Waals surface area contributed by atoms with Gasteiger partial charge in [-0.1, -0.05) is 6.42 Å². The summed E-state index contributed by atoms with van der Waals surface area (Å²) >= 11 is 5.32. The molecule has 2 rings (SSSR count). The molecular formula is C13H21BrN2S. The van der Waals surface area contributed by atoms with Crippen LogP contribution in [0.5, 0.6) is 0 Å². The van der Waals surface area contributed by atoms with E-state index in [1.165, 1.54) is 47.6 Å². The summed E-state index contributed by atoms with van der Waals surface area (Å²) in [4.78, 5) is 3.99. The van der Waals surface area contributed by atoms with Gasteiger partial charge in [-0.05, 0) is 60.9 Å². The van der Waals surface area contributed by atoms with Crippen LogP contribution in [-0.4, -0.2) is 30.6 Å². The van der Waals surface area contributed by atoms with Crippen LogP contribution in [0, 0.1) is 0 Å². The van der Waals surface area contributed by atoms with Gasteiger partial charge < -0.3 is 10.2 Å². The van der Waals surface area contributed by atoms with Gasteiger partial charge in [0, 0.05) is 24.0 Å². The second-order valence-electron chi connectivity index (χ2n) is 4.85. The van der Waals surface area contributed by atoms with Gasteiger partial charge in [0.25, 0.3) is 0 Å². The van der Waals surface area contributed by atoms with Crippen molar-refractivity contribution in [2.45, 2.75) is 38.8 Å². The molecule has 0 radical (unpaired) electrons. The largest absolute Gasteiger partial charge is 0.308 e. The van der Waals surface area contributed by atoms with Crippen molar-refractivity contribution in [2.75, 3.05) is 19.6 Å². The number of rotatable bonds is 5. The molecule has 0 amide bonds. The predicted octanol–water partition coefficient (Wildman–Crippen LogP) is 3.47. The van der Waals surface area contributed by atoms with Crippen molar-refractivity contribution < 1.29 is 0 Å². The van der Waals surface area contributed by atoms with Gasteiger partial charge in [-0.3, -0.25) is 0 Å². The number of likely N-dealkylation sites (tertiary alicyclic amines) is 1. The molecule has 1 aromatic rings. The molecule has 0 bridgehead atoms. The summed E-state index contributed by atoms with van der Waals surface area (Å²) in [5, 5.41) is 3.61. The molecule has 1 unspecified atom stereocenters. The minimum Gasteiger partial charge on any atom is -0.308 e. The molecule has 2 nitrogen and oxygen atoms in total. The number of halogens is 1. The molecule has 1 saturated heterocycles. The molecule has 0 saturated carbocycles. The summed E-state index contributed by atoms with van der Waals surface area (Å²) < 4.78 is 1.22. The Bertz CT molecular complexity index is 334. The number of hydrogen-bond acceptors (Lipinski definition) is 3. The van der Waals surface area contributed by atoms with Crippen LogP contribution in [0.25, 0.3) is 0 Å². The van der Waals surface area contributed by atoms with Crippen molar-refractivity contribution in [3.63, 3.8) is 0 Å². The molecule has 1 aromatic heterocycles. The van der Waals surface area contributed by atoms with E-state index in [0.29, 0.717) is 6.04 Å². The molecule has 1 aliphatic heterocycles. The van der Waals surface area contributed by atoms with Crippen LogP contribution in [-0.2, 0) is 6.54 Å². The predicted molar refractivity (Wildman–Crippen MR) is 78.6 cm³/mol. The number of nitrogens with zero attached hydrogens (tertiary/aromatic N) is 1. The average molecular weight is 317 g/mol. The van der Waals surface area contributed by atoms with Crippen LogP contribution < -0.4 is 5.32 Å². The molecule has 1 N–H and O–H groups in total. The first-order chi connectivity index (χ1) is 8.24. The normalized spacial score (nSPS) is 19.4. The van der Waals surface area contributed by atoms with Gasteiger partial charge in [-0.2, -0.15) is 0 Å². The third-order valence-electron chi connectivity index (χ3n) is 3.23. The first-order valence-electron chi connectivity index (χ1n) is 6.44. The summed E-state index contributed by atoms with van der Waals surface area (Å²) in [5.41, 5.74) is 0. The van der Waals surface area contributed by atoms with Crippen molar-refractivity contribution in [3.8, 4) is 0 Å². The topological polar surface area (TPSA) is 15.3 Å². The van der Waals surface area contributed by atoms with E-state index in [-0.39, 0.29) is 0 Å². The molecule has 2 heterocycles. The minimum atomic E-state index is 0.578. The highest BCUT2D eigenvalue weighted by Crippen LogP contribution is 2.21. The zero-order chi connectivity index (χ0) is 12.1. The highest BCUT2D eigenvalue weighted by molar-refractivity contribution is 9.11. The van der Waals surface area contributed by atoms with Gasteiger partial charge in [-0.25, -0.2) is 0 Å². The molecule has 4 heteroatoms. The van der Waals surface area contributed by atoms with Crippen molar-refractivity contribution in [3.05, 3.63) is 20.8 Å². The molecule has 17 heavy (non-hydrogen) atoms. The second-order valence-corrected chi connectivity index (χ2v) is 7.40. The first kappa shape index (κ1) is 13.5. The Morgan fingerprint density at radius 1 is 1.35 bits per heavy atom. The summed E-state index contributed by atoms with van der Waals surface area (Å²) in [6.07, 6.45) is 4.18. The van der Waals surface area contributed by atoms with Gasteiger partial charge in [0.15, 0.2) is 0 Å². The van der Waals surface area contributed by atoms with Gasteiger partial charge >= 0.3 is 0 Å². The Morgan fingerprint density at radius 3 is 2.76 bits per heavy atom. The quantitative estimate of drug-likeness (QED) is 0.894. The maximum Gasteiger partial charge on any atom is 0.0701 e. The zero-order valence-electron chi connectivity index (χ0n) is 10.4. The average Bonchev–Trinajstić information content (AvgIpc) is 2.74. The molecular weight excluding hydrogens is 296 g/mol. The van der Waals surface area contributed by atoms with Crippen molar-refractivity contribution in [1.82, 2.24) is 10.2 Å². The van der Waals surface area contributed by atoms with Crippen LogP contribution >= 0.6 is 27.3 Å². The summed E-state index contributed by atoms with van der Waals surface area (Å²) in [5.74, 6) is 0. The maximum absolute atomic E-state index is 3.61. The van der Waals surface area contributed by atoms with E-state index in [1.807, 2.05) is 11.3 Å². The number of hydrogen-bond donors (Lipinski definition) is 1. The number of piperidine rings is 1. The van der Waals surface area contributed by atoms with Gasteiger partial charge in [0.05, 0.1) is 3.79 Å². The van der Waals surface area contributed by atoms with Crippen LogP contribution in [0.15, 0.2) is 15.9 Å². The fraction of sp³-hybridized carbons (Fsp3) is 0.692. The highest BCUT2D eigenvalue weighted by Gasteiger charge is 2.13. The van der Waals surface area contributed by atoms with E-state index in [4.69, 9.17) is 0 Å². The first-order valence-corrected chi connectivity index (χ1v) is 8.05. The van der Waals surface area contributed by atoms with Crippen LogP contribution in [0.4, 0.5) is 0 Å². The van der Waals surface area contributed by atoms with E-state index >= 15 is 0 Å². The lowest BCUT2D eigenvalue weighted by Gasteiger charge is -2.29. The Morgan fingerprint density at radius 2 is 2.12 bits per heavy atom. The lowest BCUT2D eigenvalue weighted by molar-refractivity contribution is 0.209. The van der Waals surface area contributed by atoms with Crippen LogP contribution in [0.1, 0.15) is 31.1 Å². The van der Waals surface area contributed by atoms with Gasteiger partial charge in [-0.15, -0.1) is 11.3 Å². The standard InChI is InChI=1S/C13H21BrN2S/c1-11(10-16-7-3-2-4-8-16)15-9-12-5-6-13(14)17-12/h5-6,11,15H,2-4,7-10H2,1H3. The molecule has 1 atom stereocenters. The van der Waals surface area contributed by atoms with E-state index in [2.05, 4.69) is 45.2 Å². The molecule has 0 aromatic carbocycles. The van der Waals surface area contributed by atoms with Crippen molar-refractivity contribution in [2.24, 2.45) is 0 Å². The lowest BCUT2D eigenvalue weighted by atomic mass is 10.1. The van der Waals surface area contributed by atoms with E-state index in [9.17, 15) is 0 Å². The van der Waals surface area contributed by atoms with Crippen molar-refractivity contribution >= 4 is 27.3 Å². The number of nitrogens with one attached hydrogen (secondary N) is 1. The maximum atomic E-state index is 3.61. The van der Waals surface area contributed by atoms with Crippen molar-refractivity contribution in [1.29, 1.82) is 0 Å². The third-order valence-corrected chi connectivity index (χ3v) is 4.86. The minimum absolute atomic E-state index is 0.578. The Labute approximate surface area is 117 Å². The van der Waals surface area contributed by atoms with E-state index in [1.54, 1.807) is 0 Å². The molecule has 0 spiro atoms. The Balaban J connectivity index is 1.68. The zero-order valence-corrected chi connectivity index (χ0v) is 12.8. The fourth-order valence-electron chi connectivity index (χ4n) is 2.32. The van der Waals surface area contributed by atoms with Crippen LogP contribution in [0.3, 0.4) is 0 Å². The Hall–Kier alpha value is 0.1000. The number of thiophene rings is 1.